The van der Waals surface area contributed by atoms with E-state index in [1.165, 1.54) is 97.3 Å². The molecule has 4 nitrogen and oxygen atoms in total. The number of halogens is 1. The molecule has 0 atom stereocenters. The van der Waals surface area contributed by atoms with Gasteiger partial charge in [0, 0.05) is 18.9 Å². The van der Waals surface area contributed by atoms with Gasteiger partial charge in [0.2, 0.25) is 0 Å². The first kappa shape index (κ1) is 47.9. The number of carbonyl (C=O) groups is 1. The zero-order valence-electron chi connectivity index (χ0n) is 35.8. The molecule has 308 valence electrons. The van der Waals surface area contributed by atoms with Gasteiger partial charge in [-0.1, -0.05) is 120 Å². The average molecular weight is 944 g/mol. The first-order chi connectivity index (χ1) is 26.3. The Kier molecular flexibility index (Phi) is 20.7. The van der Waals surface area contributed by atoms with Gasteiger partial charge in [-0.15, -0.1) is 0 Å². The molecule has 0 aromatic heterocycles. The normalized spacial score (nSPS) is 15.4. The summed E-state index contributed by atoms with van der Waals surface area (Å²) in [4.78, 5) is 11.5. The second kappa shape index (κ2) is 23.8. The standard InChI is InChI=1S/C35H53O2P.C12H17O2Si.BrH.Pd/c1-23(2)26-21-29(24(3)4)33(30(22-26)25(5)6)34-31(36-7)19-20-32(37-8)35(34)38(27-15-11-9-12-16-27)28-17-13-10-14-18-28;1-15(2,3)10-9-14-12(13)11-7-5-4-6-8-11;;/h19-25,27-28H,9-18H2,1-8H3;5-8H,9-10H2,1-3H3;1H;/q;-1;;+2/p-1. The molecule has 2 fully saturated rings. The van der Waals surface area contributed by atoms with Gasteiger partial charge in [-0.05, 0) is 101 Å². The third-order valence-corrected chi connectivity index (χ3v) is 16.4. The van der Waals surface area contributed by atoms with E-state index < -0.39 is 8.07 Å². The summed E-state index contributed by atoms with van der Waals surface area (Å²) in [6, 6.07) is 20.1. The SMILES string of the molecule is COc1ccc(OC)c(P(C2CCCCC2)C2CCCCC2)c1-c1c(C(C)C)cc(C(C)C)cc1C(C)C.C[Si](C)(C)CCOC(=O)c1cc[c-]cc1.[Br][Pd+]. The zero-order chi connectivity index (χ0) is 40.7. The Morgan fingerprint density at radius 3 is 1.64 bits per heavy atom. The molecular weight excluding hydrogens is 874 g/mol. The van der Waals surface area contributed by atoms with E-state index in [9.17, 15) is 4.79 Å². The van der Waals surface area contributed by atoms with Gasteiger partial charge < -0.3 is 14.2 Å². The van der Waals surface area contributed by atoms with Crippen LogP contribution in [0, 0.1) is 6.07 Å². The van der Waals surface area contributed by atoms with Crippen molar-refractivity contribution in [1.82, 2.24) is 0 Å². The first-order valence-corrected chi connectivity index (χ1v) is 29.5. The van der Waals surface area contributed by atoms with E-state index in [0.717, 1.165) is 28.9 Å². The Balaban J connectivity index is 0.000000400. The predicted octanol–water partition coefficient (Wildman–Crippen LogP) is 14.3. The van der Waals surface area contributed by atoms with Crippen molar-refractivity contribution in [1.29, 1.82) is 0 Å². The molecule has 0 radical (unpaired) electrons. The van der Waals surface area contributed by atoms with Gasteiger partial charge in [0.05, 0.1) is 20.8 Å². The predicted molar refractivity (Wildman–Crippen MR) is 240 cm³/mol. The van der Waals surface area contributed by atoms with Crippen molar-refractivity contribution in [3.8, 4) is 22.6 Å². The third-order valence-electron chi connectivity index (χ3n) is 11.2. The average Bonchev–Trinajstić information content (AvgIpc) is 3.18. The van der Waals surface area contributed by atoms with Crippen LogP contribution in [0.15, 0.2) is 48.5 Å². The van der Waals surface area contributed by atoms with Crippen LogP contribution in [0.3, 0.4) is 0 Å². The molecule has 8 heteroatoms. The van der Waals surface area contributed by atoms with Crippen molar-refractivity contribution in [2.45, 2.75) is 161 Å². The van der Waals surface area contributed by atoms with Crippen LogP contribution >= 0.6 is 21.4 Å². The van der Waals surface area contributed by atoms with Crippen molar-refractivity contribution in [3.05, 3.63) is 76.9 Å². The van der Waals surface area contributed by atoms with Crippen LogP contribution in [0.4, 0.5) is 0 Å². The number of hydrogen-bond acceptors (Lipinski definition) is 4. The Morgan fingerprint density at radius 1 is 0.745 bits per heavy atom. The molecule has 3 aromatic rings. The summed E-state index contributed by atoms with van der Waals surface area (Å²) in [5.74, 6) is 3.26. The van der Waals surface area contributed by atoms with Crippen LogP contribution < -0.4 is 14.8 Å². The molecule has 2 saturated carbocycles. The van der Waals surface area contributed by atoms with E-state index >= 15 is 0 Å². The fraction of sp³-hybridized carbons (Fsp3) is 0.596. The van der Waals surface area contributed by atoms with E-state index in [4.69, 9.17) is 14.2 Å². The summed E-state index contributed by atoms with van der Waals surface area (Å²) >= 11 is 5.35. The van der Waals surface area contributed by atoms with Crippen LogP contribution in [0.1, 0.15) is 151 Å². The number of methoxy groups -OCH3 is 2. The van der Waals surface area contributed by atoms with Crippen molar-refractivity contribution < 1.29 is 36.2 Å². The van der Waals surface area contributed by atoms with Crippen molar-refractivity contribution in [3.63, 3.8) is 0 Å². The van der Waals surface area contributed by atoms with Gasteiger partial charge in [0.15, 0.2) is 0 Å². The number of ether oxygens (including phenoxy) is 3. The fourth-order valence-electron chi connectivity index (χ4n) is 8.07. The third kappa shape index (κ3) is 13.8. The van der Waals surface area contributed by atoms with Crippen molar-refractivity contribution >= 4 is 40.7 Å². The second-order valence-corrected chi connectivity index (χ2v) is 25.8. The second-order valence-electron chi connectivity index (χ2n) is 17.5. The summed E-state index contributed by atoms with van der Waals surface area (Å²) in [7, 11) is 2.27. The molecule has 0 unspecified atom stereocenters. The van der Waals surface area contributed by atoms with Crippen molar-refractivity contribution in [2.24, 2.45) is 0 Å². The number of rotatable bonds is 13. The Morgan fingerprint density at radius 2 is 1.22 bits per heavy atom. The molecule has 55 heavy (non-hydrogen) atoms. The maximum absolute atomic E-state index is 11.5. The van der Waals surface area contributed by atoms with E-state index in [0.29, 0.717) is 29.9 Å². The van der Waals surface area contributed by atoms with Gasteiger partial charge in [-0.2, -0.15) is 30.3 Å². The molecule has 0 aliphatic heterocycles. The number of hydrogen-bond donors (Lipinski definition) is 0. The van der Waals surface area contributed by atoms with Gasteiger partial charge in [0.1, 0.15) is 11.5 Å². The van der Waals surface area contributed by atoms with E-state index in [2.05, 4.69) is 122 Å². The van der Waals surface area contributed by atoms with Crippen LogP contribution in [0.25, 0.3) is 11.1 Å². The quantitative estimate of drug-likeness (QED) is 0.0741. The Hall–Kier alpha value is -1.48. The van der Waals surface area contributed by atoms with Gasteiger partial charge in [0.25, 0.3) is 0 Å². The summed E-state index contributed by atoms with van der Waals surface area (Å²) in [5.41, 5.74) is 9.37. The summed E-state index contributed by atoms with van der Waals surface area (Å²) in [5, 5.41) is 1.52. The van der Waals surface area contributed by atoms with Gasteiger partial charge in [-0.25, -0.2) is 4.79 Å². The first-order valence-electron chi connectivity index (χ1n) is 20.7. The Labute approximate surface area is 355 Å². The monoisotopic (exact) mass is 942 g/mol. The van der Waals surface area contributed by atoms with Gasteiger partial charge >= 0.3 is 36.6 Å². The molecule has 0 N–H and O–H groups in total. The summed E-state index contributed by atoms with van der Waals surface area (Å²) < 4.78 is 17.7. The molecule has 0 heterocycles. The van der Waals surface area contributed by atoms with E-state index in [-0.39, 0.29) is 13.9 Å². The van der Waals surface area contributed by atoms with Crippen LogP contribution in [-0.2, 0) is 21.9 Å². The molecule has 0 bridgehead atoms. The summed E-state index contributed by atoms with van der Waals surface area (Å²) in [6.07, 6.45) is 13.8. The van der Waals surface area contributed by atoms with E-state index in [1.807, 2.05) is 14.2 Å². The molecular formula is C47H70BrO4PPdSi. The van der Waals surface area contributed by atoms with E-state index in [1.54, 1.807) is 24.3 Å². The molecule has 0 saturated heterocycles. The van der Waals surface area contributed by atoms with Gasteiger partial charge in [-0.3, -0.25) is 0 Å². The number of carbonyl (C=O) groups excluding carboxylic acids is 1. The van der Waals surface area contributed by atoms with Crippen molar-refractivity contribution in [2.75, 3.05) is 20.8 Å². The fourth-order valence-corrected chi connectivity index (χ4v) is 12.9. The topological polar surface area (TPSA) is 44.8 Å². The molecule has 2 aliphatic rings. The summed E-state index contributed by atoms with van der Waals surface area (Å²) in [6.45, 7) is 21.4. The minimum absolute atomic E-state index is 0.234. The van der Waals surface area contributed by atoms with Crippen LogP contribution in [0.5, 0.6) is 11.5 Å². The zero-order valence-corrected chi connectivity index (χ0v) is 40.8. The van der Waals surface area contributed by atoms with Crippen LogP contribution in [0.2, 0.25) is 25.7 Å². The maximum atomic E-state index is 11.5. The minimum atomic E-state index is -1.11. The molecule has 3 aromatic carbocycles. The number of esters is 1. The Bertz CT molecular complexity index is 1550. The molecule has 5 rings (SSSR count). The van der Waals surface area contributed by atoms with Crippen LogP contribution in [-0.4, -0.2) is 46.2 Å². The molecule has 0 amide bonds. The number of benzene rings is 3. The molecule has 2 aliphatic carbocycles. The molecule has 0 spiro atoms.